The second-order valence-electron chi connectivity index (χ2n) is 4.59. The van der Waals surface area contributed by atoms with Crippen LogP contribution in [-0.2, 0) is 6.54 Å². The summed E-state index contributed by atoms with van der Waals surface area (Å²) in [5.41, 5.74) is 1.70. The minimum absolute atomic E-state index is 0.100. The van der Waals surface area contributed by atoms with E-state index < -0.39 is 0 Å². The Morgan fingerprint density at radius 3 is 3.05 bits per heavy atom. The highest BCUT2D eigenvalue weighted by atomic mass is 32.1. The molecule has 6 heteroatoms. The van der Waals surface area contributed by atoms with Gasteiger partial charge in [-0.1, -0.05) is 12.1 Å². The van der Waals surface area contributed by atoms with Crippen molar-refractivity contribution in [1.82, 2.24) is 10.3 Å². The number of hydrogen-bond donors (Lipinski definition) is 1. The average Bonchev–Trinajstić information content (AvgIpc) is 3.13. The first-order valence-corrected chi connectivity index (χ1v) is 7.03. The molecule has 1 aromatic heterocycles. The van der Waals surface area contributed by atoms with Gasteiger partial charge < -0.3 is 5.32 Å². The molecule has 19 heavy (non-hydrogen) atoms. The van der Waals surface area contributed by atoms with Crippen LogP contribution in [0.1, 0.15) is 17.8 Å². The van der Waals surface area contributed by atoms with E-state index in [0.29, 0.717) is 6.04 Å². The molecule has 2 aromatic rings. The van der Waals surface area contributed by atoms with E-state index in [-0.39, 0.29) is 10.6 Å². The fraction of sp³-hybridized carbons (Fsp3) is 0.308. The predicted octanol–water partition coefficient (Wildman–Crippen LogP) is 2.97. The second kappa shape index (κ2) is 5.07. The third kappa shape index (κ3) is 2.97. The van der Waals surface area contributed by atoms with E-state index in [0.717, 1.165) is 22.8 Å². The maximum atomic E-state index is 10.8. The minimum Gasteiger partial charge on any atom is -0.308 e. The quantitative estimate of drug-likeness (QED) is 0.673. The SMILES string of the molecule is O=[N+]([O-])c1cccc(-c2csc(CNC3CC3)n2)c1. The Kier molecular flexibility index (Phi) is 3.27. The Labute approximate surface area is 114 Å². The lowest BCUT2D eigenvalue weighted by molar-refractivity contribution is -0.384. The Bertz CT molecular complexity index is 607. The Morgan fingerprint density at radius 1 is 1.47 bits per heavy atom. The maximum absolute atomic E-state index is 10.8. The van der Waals surface area contributed by atoms with Gasteiger partial charge in [0.2, 0.25) is 0 Å². The average molecular weight is 275 g/mol. The van der Waals surface area contributed by atoms with Crippen LogP contribution in [0.4, 0.5) is 5.69 Å². The lowest BCUT2D eigenvalue weighted by Crippen LogP contribution is -2.14. The van der Waals surface area contributed by atoms with Crippen LogP contribution in [0.2, 0.25) is 0 Å². The summed E-state index contributed by atoms with van der Waals surface area (Å²) in [6.07, 6.45) is 2.51. The van der Waals surface area contributed by atoms with E-state index in [1.165, 1.54) is 18.9 Å². The van der Waals surface area contributed by atoms with Crippen molar-refractivity contribution in [2.45, 2.75) is 25.4 Å². The summed E-state index contributed by atoms with van der Waals surface area (Å²) in [4.78, 5) is 14.9. The molecule has 1 aromatic carbocycles. The summed E-state index contributed by atoms with van der Waals surface area (Å²) < 4.78 is 0. The van der Waals surface area contributed by atoms with Gasteiger partial charge in [-0.25, -0.2) is 4.98 Å². The van der Waals surface area contributed by atoms with Crippen molar-refractivity contribution in [3.63, 3.8) is 0 Å². The lowest BCUT2D eigenvalue weighted by Gasteiger charge is -1.98. The zero-order chi connectivity index (χ0) is 13.2. The smallest absolute Gasteiger partial charge is 0.270 e. The van der Waals surface area contributed by atoms with Gasteiger partial charge in [0.1, 0.15) is 5.01 Å². The molecule has 0 bridgehead atoms. The van der Waals surface area contributed by atoms with Gasteiger partial charge in [0.05, 0.1) is 10.6 Å². The summed E-state index contributed by atoms with van der Waals surface area (Å²) in [6.45, 7) is 0.782. The zero-order valence-electron chi connectivity index (χ0n) is 10.2. The Hall–Kier alpha value is -1.79. The summed E-state index contributed by atoms with van der Waals surface area (Å²) >= 11 is 1.58. The lowest BCUT2D eigenvalue weighted by atomic mass is 10.1. The topological polar surface area (TPSA) is 68.1 Å². The number of nitro groups is 1. The molecule has 0 amide bonds. The largest absolute Gasteiger partial charge is 0.308 e. The van der Waals surface area contributed by atoms with Gasteiger partial charge in [-0.15, -0.1) is 11.3 Å². The molecule has 3 rings (SSSR count). The van der Waals surface area contributed by atoms with Gasteiger partial charge in [-0.05, 0) is 12.8 Å². The number of nitrogens with zero attached hydrogens (tertiary/aromatic N) is 2. The highest BCUT2D eigenvalue weighted by Crippen LogP contribution is 2.26. The van der Waals surface area contributed by atoms with Crippen molar-refractivity contribution in [1.29, 1.82) is 0 Å². The molecule has 1 aliphatic rings. The normalized spacial score (nSPS) is 14.5. The standard InChI is InChI=1S/C13H13N3O2S/c17-16(18)11-3-1-2-9(6-11)12-8-19-13(15-12)7-14-10-4-5-10/h1-3,6,8,10,14H,4-5,7H2. The van der Waals surface area contributed by atoms with Crippen LogP contribution in [0.5, 0.6) is 0 Å². The van der Waals surface area contributed by atoms with Crippen LogP contribution in [0.3, 0.4) is 0 Å². The monoisotopic (exact) mass is 275 g/mol. The molecule has 0 unspecified atom stereocenters. The molecule has 0 atom stereocenters. The number of nitrogens with one attached hydrogen (secondary N) is 1. The van der Waals surface area contributed by atoms with Gasteiger partial charge in [-0.3, -0.25) is 10.1 Å². The summed E-state index contributed by atoms with van der Waals surface area (Å²) in [5.74, 6) is 0. The molecule has 1 heterocycles. The summed E-state index contributed by atoms with van der Waals surface area (Å²) in [6, 6.07) is 7.25. The van der Waals surface area contributed by atoms with E-state index in [1.807, 2.05) is 11.4 Å². The number of rotatable bonds is 5. The zero-order valence-corrected chi connectivity index (χ0v) is 11.0. The van der Waals surface area contributed by atoms with E-state index in [4.69, 9.17) is 0 Å². The van der Waals surface area contributed by atoms with E-state index in [1.54, 1.807) is 23.5 Å². The molecule has 1 aliphatic carbocycles. The third-order valence-electron chi connectivity index (χ3n) is 3.02. The summed E-state index contributed by atoms with van der Waals surface area (Å²) in [7, 11) is 0. The highest BCUT2D eigenvalue weighted by Gasteiger charge is 2.20. The van der Waals surface area contributed by atoms with E-state index in [9.17, 15) is 10.1 Å². The molecule has 0 saturated heterocycles. The third-order valence-corrected chi connectivity index (χ3v) is 3.87. The van der Waals surface area contributed by atoms with Crippen LogP contribution in [0.15, 0.2) is 29.6 Å². The van der Waals surface area contributed by atoms with Crippen molar-refractivity contribution in [3.8, 4) is 11.3 Å². The highest BCUT2D eigenvalue weighted by molar-refractivity contribution is 7.09. The van der Waals surface area contributed by atoms with Crippen molar-refractivity contribution in [3.05, 3.63) is 44.8 Å². The number of thiazole rings is 1. The van der Waals surface area contributed by atoms with Crippen LogP contribution < -0.4 is 5.32 Å². The van der Waals surface area contributed by atoms with E-state index in [2.05, 4.69) is 10.3 Å². The van der Waals surface area contributed by atoms with Crippen molar-refractivity contribution in [2.75, 3.05) is 0 Å². The van der Waals surface area contributed by atoms with Crippen molar-refractivity contribution >= 4 is 17.0 Å². The van der Waals surface area contributed by atoms with Crippen LogP contribution in [0, 0.1) is 10.1 Å². The van der Waals surface area contributed by atoms with Gasteiger partial charge in [0, 0.05) is 35.7 Å². The van der Waals surface area contributed by atoms with Crippen LogP contribution in [0.25, 0.3) is 11.3 Å². The Morgan fingerprint density at radius 2 is 2.32 bits per heavy atom. The first-order chi connectivity index (χ1) is 9.22. The molecule has 0 aliphatic heterocycles. The predicted molar refractivity (Wildman–Crippen MR) is 74.1 cm³/mol. The fourth-order valence-electron chi connectivity index (χ4n) is 1.82. The Balaban J connectivity index is 1.77. The first-order valence-electron chi connectivity index (χ1n) is 6.15. The second-order valence-corrected chi connectivity index (χ2v) is 5.53. The van der Waals surface area contributed by atoms with Gasteiger partial charge in [-0.2, -0.15) is 0 Å². The molecule has 98 valence electrons. The van der Waals surface area contributed by atoms with Gasteiger partial charge in [0.25, 0.3) is 5.69 Å². The van der Waals surface area contributed by atoms with E-state index >= 15 is 0 Å². The molecule has 1 fully saturated rings. The van der Waals surface area contributed by atoms with Gasteiger partial charge >= 0.3 is 0 Å². The van der Waals surface area contributed by atoms with Gasteiger partial charge in [0.15, 0.2) is 0 Å². The number of nitro benzene ring substituents is 1. The number of benzene rings is 1. The molecule has 0 radical (unpaired) electrons. The molecule has 0 spiro atoms. The minimum atomic E-state index is -0.384. The van der Waals surface area contributed by atoms with Crippen molar-refractivity contribution in [2.24, 2.45) is 0 Å². The summed E-state index contributed by atoms with van der Waals surface area (Å²) in [5, 5.41) is 17.1. The van der Waals surface area contributed by atoms with Crippen LogP contribution in [-0.4, -0.2) is 15.9 Å². The molecular weight excluding hydrogens is 262 g/mol. The maximum Gasteiger partial charge on any atom is 0.270 e. The number of aromatic nitrogens is 1. The molecule has 1 N–H and O–H groups in total. The molecule has 1 saturated carbocycles. The van der Waals surface area contributed by atoms with Crippen molar-refractivity contribution < 1.29 is 4.92 Å². The van der Waals surface area contributed by atoms with Crippen LogP contribution >= 0.6 is 11.3 Å². The fourth-order valence-corrected chi connectivity index (χ4v) is 2.58. The number of hydrogen-bond acceptors (Lipinski definition) is 5. The number of non-ortho nitro benzene ring substituents is 1. The molecule has 5 nitrogen and oxygen atoms in total. The molecular formula is C13H13N3O2S. The first kappa shape index (κ1) is 12.3.